The van der Waals surface area contributed by atoms with E-state index in [0.29, 0.717) is 22.4 Å². The van der Waals surface area contributed by atoms with Gasteiger partial charge in [-0.15, -0.1) is 22.7 Å². The third-order valence-electron chi connectivity index (χ3n) is 4.63. The largest absolute Gasteiger partial charge is 0.311 e. The molecule has 0 fully saturated rings. The van der Waals surface area contributed by atoms with Crippen LogP contribution in [0.1, 0.15) is 11.8 Å². The predicted octanol–water partition coefficient (Wildman–Crippen LogP) is 4.69. The first kappa shape index (κ1) is 19.5. The van der Waals surface area contributed by atoms with Crippen molar-refractivity contribution in [1.29, 1.82) is 0 Å². The molecule has 148 valence electrons. The van der Waals surface area contributed by atoms with Gasteiger partial charge in [0.15, 0.2) is 0 Å². The molecule has 0 saturated heterocycles. The molecule has 0 bridgehead atoms. The van der Waals surface area contributed by atoms with Crippen molar-refractivity contribution in [1.82, 2.24) is 9.55 Å². The number of amides is 1. The van der Waals surface area contributed by atoms with Crippen LogP contribution in [0.25, 0.3) is 20.7 Å². The SMILES string of the molecule is CCN(C(=O)Cn1cnc2scc(-c3ccc(C)s3)c2c1=O)c1ccc(F)cc1. The lowest BCUT2D eigenvalue weighted by atomic mass is 10.2. The van der Waals surface area contributed by atoms with Crippen LogP contribution in [0.2, 0.25) is 0 Å². The molecule has 0 N–H and O–H groups in total. The molecular weight excluding hydrogens is 409 g/mol. The second kappa shape index (κ2) is 7.88. The van der Waals surface area contributed by atoms with E-state index < -0.39 is 0 Å². The van der Waals surface area contributed by atoms with Gasteiger partial charge in [0.2, 0.25) is 5.91 Å². The highest BCUT2D eigenvalue weighted by atomic mass is 32.1. The van der Waals surface area contributed by atoms with Crippen LogP contribution in [0.4, 0.5) is 10.1 Å². The first-order valence-corrected chi connectivity index (χ1v) is 10.8. The first-order chi connectivity index (χ1) is 14.0. The van der Waals surface area contributed by atoms with Crippen molar-refractivity contribution in [2.75, 3.05) is 11.4 Å². The molecule has 29 heavy (non-hydrogen) atoms. The molecule has 1 amide bonds. The lowest BCUT2D eigenvalue weighted by molar-refractivity contribution is -0.119. The number of carbonyl (C=O) groups excluding carboxylic acids is 1. The average molecular weight is 428 g/mol. The van der Waals surface area contributed by atoms with Crippen LogP contribution >= 0.6 is 22.7 Å². The summed E-state index contributed by atoms with van der Waals surface area (Å²) >= 11 is 3.04. The Morgan fingerprint density at radius 3 is 2.62 bits per heavy atom. The molecule has 3 heterocycles. The number of rotatable bonds is 5. The highest BCUT2D eigenvalue weighted by Crippen LogP contribution is 2.34. The van der Waals surface area contributed by atoms with E-state index in [1.165, 1.54) is 39.3 Å². The Balaban J connectivity index is 1.69. The fourth-order valence-corrected chi connectivity index (χ4v) is 5.06. The summed E-state index contributed by atoms with van der Waals surface area (Å²) in [4.78, 5) is 34.7. The summed E-state index contributed by atoms with van der Waals surface area (Å²) in [6.07, 6.45) is 1.42. The molecule has 0 saturated carbocycles. The Hall–Kier alpha value is -2.84. The number of likely N-dealkylation sites (N-methyl/N-ethyl adjacent to an activating group) is 1. The summed E-state index contributed by atoms with van der Waals surface area (Å²) in [6.45, 7) is 4.13. The number of aryl methyl sites for hydroxylation is 1. The zero-order chi connectivity index (χ0) is 20.5. The van der Waals surface area contributed by atoms with Crippen LogP contribution in [0, 0.1) is 12.7 Å². The summed E-state index contributed by atoms with van der Waals surface area (Å²) in [6, 6.07) is 9.74. The van der Waals surface area contributed by atoms with E-state index in [0.717, 1.165) is 15.3 Å². The van der Waals surface area contributed by atoms with Gasteiger partial charge in [-0.05, 0) is 50.2 Å². The number of benzene rings is 1. The minimum atomic E-state index is -0.364. The van der Waals surface area contributed by atoms with Crippen LogP contribution in [-0.2, 0) is 11.3 Å². The minimum Gasteiger partial charge on any atom is -0.311 e. The summed E-state index contributed by atoms with van der Waals surface area (Å²) in [5.74, 6) is -0.622. The molecule has 0 unspecified atom stereocenters. The molecular formula is C21H18FN3O2S2. The fourth-order valence-electron chi connectivity index (χ4n) is 3.20. The van der Waals surface area contributed by atoms with Crippen LogP contribution < -0.4 is 10.5 Å². The smallest absolute Gasteiger partial charge is 0.263 e. The van der Waals surface area contributed by atoms with Gasteiger partial charge >= 0.3 is 0 Å². The second-order valence-corrected chi connectivity index (χ2v) is 8.68. The van der Waals surface area contributed by atoms with Gasteiger partial charge in [0.1, 0.15) is 17.2 Å². The normalized spacial score (nSPS) is 11.1. The van der Waals surface area contributed by atoms with Crippen molar-refractivity contribution in [2.45, 2.75) is 20.4 Å². The van der Waals surface area contributed by atoms with E-state index in [9.17, 15) is 14.0 Å². The zero-order valence-electron chi connectivity index (χ0n) is 15.9. The summed E-state index contributed by atoms with van der Waals surface area (Å²) < 4.78 is 14.5. The maximum Gasteiger partial charge on any atom is 0.263 e. The van der Waals surface area contributed by atoms with Crippen molar-refractivity contribution in [3.8, 4) is 10.4 Å². The van der Waals surface area contributed by atoms with Gasteiger partial charge in [0, 0.05) is 32.9 Å². The quantitative estimate of drug-likeness (QED) is 0.464. The van der Waals surface area contributed by atoms with Gasteiger partial charge in [-0.1, -0.05) is 0 Å². The van der Waals surface area contributed by atoms with E-state index in [2.05, 4.69) is 4.98 Å². The van der Waals surface area contributed by atoms with Crippen molar-refractivity contribution < 1.29 is 9.18 Å². The number of anilines is 1. The highest BCUT2D eigenvalue weighted by molar-refractivity contribution is 7.19. The second-order valence-electron chi connectivity index (χ2n) is 6.53. The monoisotopic (exact) mass is 427 g/mol. The number of hydrogen-bond acceptors (Lipinski definition) is 5. The third kappa shape index (κ3) is 3.73. The minimum absolute atomic E-state index is 0.133. The molecule has 0 atom stereocenters. The molecule has 0 aliphatic heterocycles. The number of halogens is 1. The molecule has 8 heteroatoms. The van der Waals surface area contributed by atoms with Gasteiger partial charge in [-0.2, -0.15) is 0 Å². The number of fused-ring (bicyclic) bond motifs is 1. The molecule has 1 aromatic carbocycles. The van der Waals surface area contributed by atoms with Gasteiger partial charge in [0.05, 0.1) is 11.7 Å². The van der Waals surface area contributed by atoms with Crippen LogP contribution in [0.3, 0.4) is 0 Å². The van der Waals surface area contributed by atoms with Gasteiger partial charge in [0.25, 0.3) is 5.56 Å². The van der Waals surface area contributed by atoms with E-state index in [1.807, 2.05) is 31.4 Å². The Kier molecular flexibility index (Phi) is 5.29. The van der Waals surface area contributed by atoms with Gasteiger partial charge < -0.3 is 4.90 Å². The number of aromatic nitrogens is 2. The molecule has 4 rings (SSSR count). The molecule has 0 radical (unpaired) electrons. The number of thiophene rings is 2. The highest BCUT2D eigenvalue weighted by Gasteiger charge is 2.18. The summed E-state index contributed by atoms with van der Waals surface area (Å²) in [7, 11) is 0. The maximum absolute atomic E-state index is 13.2. The third-order valence-corrected chi connectivity index (χ3v) is 6.55. The van der Waals surface area contributed by atoms with Gasteiger partial charge in [-0.25, -0.2) is 9.37 Å². The predicted molar refractivity (Wildman–Crippen MR) is 116 cm³/mol. The van der Waals surface area contributed by atoms with E-state index in [-0.39, 0.29) is 23.8 Å². The Bertz CT molecular complexity index is 1240. The Labute approximate surface area is 174 Å². The van der Waals surface area contributed by atoms with Crippen LogP contribution in [-0.4, -0.2) is 22.0 Å². The van der Waals surface area contributed by atoms with Crippen molar-refractivity contribution >= 4 is 44.5 Å². The number of hydrogen-bond donors (Lipinski definition) is 0. The Morgan fingerprint density at radius 2 is 1.97 bits per heavy atom. The first-order valence-electron chi connectivity index (χ1n) is 9.07. The summed E-state index contributed by atoms with van der Waals surface area (Å²) in [5.41, 5.74) is 1.21. The average Bonchev–Trinajstić information content (AvgIpc) is 3.32. The van der Waals surface area contributed by atoms with E-state index >= 15 is 0 Å². The van der Waals surface area contributed by atoms with Crippen LogP contribution in [0.15, 0.2) is 52.9 Å². The molecule has 0 spiro atoms. The van der Waals surface area contributed by atoms with E-state index in [4.69, 9.17) is 0 Å². The maximum atomic E-state index is 13.2. The van der Waals surface area contributed by atoms with E-state index in [1.54, 1.807) is 23.5 Å². The summed E-state index contributed by atoms with van der Waals surface area (Å²) in [5, 5.41) is 2.48. The Morgan fingerprint density at radius 1 is 1.21 bits per heavy atom. The fraction of sp³-hybridized carbons (Fsp3) is 0.190. The lowest BCUT2D eigenvalue weighted by Crippen LogP contribution is -2.36. The standard InChI is InChI=1S/C21H18FN3O2S2/c1-3-25(15-7-5-14(22)6-8-15)18(26)10-24-12-23-20-19(21(24)27)16(11-28-20)17-9-4-13(2)29-17/h4-9,11-12H,3,10H2,1-2H3. The zero-order valence-corrected chi connectivity index (χ0v) is 17.5. The van der Waals surface area contributed by atoms with Gasteiger partial charge in [-0.3, -0.25) is 14.2 Å². The van der Waals surface area contributed by atoms with Crippen molar-refractivity contribution in [3.63, 3.8) is 0 Å². The van der Waals surface area contributed by atoms with Crippen molar-refractivity contribution in [2.24, 2.45) is 0 Å². The number of nitrogens with zero attached hydrogens (tertiary/aromatic N) is 3. The number of carbonyl (C=O) groups is 1. The van der Waals surface area contributed by atoms with Crippen LogP contribution in [0.5, 0.6) is 0 Å². The lowest BCUT2D eigenvalue weighted by Gasteiger charge is -2.21. The molecule has 0 aliphatic rings. The molecule has 5 nitrogen and oxygen atoms in total. The topological polar surface area (TPSA) is 55.2 Å². The molecule has 3 aromatic heterocycles. The molecule has 0 aliphatic carbocycles. The van der Waals surface area contributed by atoms with Crippen molar-refractivity contribution in [3.05, 3.63) is 69.2 Å². The molecule has 4 aromatic rings.